The number of hydrazine groups is 1. The van der Waals surface area contributed by atoms with Crippen molar-refractivity contribution < 1.29 is 8.78 Å². The molecule has 0 aromatic carbocycles. The maximum absolute atomic E-state index is 13.5. The molecule has 1 fully saturated rings. The van der Waals surface area contributed by atoms with E-state index in [9.17, 15) is 8.78 Å². The molecule has 0 bridgehead atoms. The fourth-order valence-corrected chi connectivity index (χ4v) is 2.78. The highest BCUT2D eigenvalue weighted by Crippen LogP contribution is 2.38. The van der Waals surface area contributed by atoms with E-state index in [0.717, 1.165) is 12.0 Å². The minimum Gasteiger partial charge on any atom is -0.383 e. The quantitative estimate of drug-likeness (QED) is 0.576. The van der Waals surface area contributed by atoms with Crippen LogP contribution in [0.15, 0.2) is 18.3 Å². The lowest BCUT2D eigenvalue weighted by Gasteiger charge is -2.34. The first-order valence-electron chi connectivity index (χ1n) is 6.55. The number of nitrogens with zero attached hydrogens (tertiary/aromatic N) is 1. The fourth-order valence-electron chi connectivity index (χ4n) is 2.78. The summed E-state index contributed by atoms with van der Waals surface area (Å²) < 4.78 is 26.9. The fraction of sp³-hybridized carbons (Fsp3) is 0.615. The maximum atomic E-state index is 13.5. The van der Waals surface area contributed by atoms with Crippen molar-refractivity contribution in [1.29, 1.82) is 0 Å². The molecule has 106 valence electrons. The summed E-state index contributed by atoms with van der Waals surface area (Å²) in [6, 6.07) is 3.44. The summed E-state index contributed by atoms with van der Waals surface area (Å²) in [6.07, 6.45) is 3.32. The largest absolute Gasteiger partial charge is 0.383 e. The predicted octanol–water partition coefficient (Wildman–Crippen LogP) is 1.86. The standard InChI is InChI=1S/C13H20F2N4/c14-13(15)5-1-3-10(8-13)11(19-17)7-9-4-2-6-18-12(9)16/h2,4,6,10-11,19H,1,3,5,7-8,17H2,(H2,16,18). The van der Waals surface area contributed by atoms with Crippen LogP contribution in [0.2, 0.25) is 0 Å². The van der Waals surface area contributed by atoms with Gasteiger partial charge in [0.2, 0.25) is 5.92 Å². The van der Waals surface area contributed by atoms with Gasteiger partial charge in [-0.2, -0.15) is 0 Å². The topological polar surface area (TPSA) is 77.0 Å². The molecule has 5 N–H and O–H groups in total. The Labute approximate surface area is 111 Å². The monoisotopic (exact) mass is 270 g/mol. The van der Waals surface area contributed by atoms with Gasteiger partial charge in [-0.15, -0.1) is 0 Å². The Balaban J connectivity index is 2.06. The minimum absolute atomic E-state index is 0.0180. The molecule has 1 aromatic heterocycles. The van der Waals surface area contributed by atoms with Crippen LogP contribution in [0.25, 0.3) is 0 Å². The zero-order valence-corrected chi connectivity index (χ0v) is 10.8. The molecule has 0 spiro atoms. The van der Waals surface area contributed by atoms with Gasteiger partial charge < -0.3 is 5.73 Å². The number of nitrogens with two attached hydrogens (primary N) is 2. The van der Waals surface area contributed by atoms with Gasteiger partial charge in [0.05, 0.1) is 0 Å². The lowest BCUT2D eigenvalue weighted by atomic mass is 9.80. The van der Waals surface area contributed by atoms with E-state index >= 15 is 0 Å². The number of rotatable bonds is 4. The van der Waals surface area contributed by atoms with Crippen LogP contribution in [0.3, 0.4) is 0 Å². The average molecular weight is 270 g/mol. The first-order valence-corrected chi connectivity index (χ1v) is 6.55. The van der Waals surface area contributed by atoms with Crippen molar-refractivity contribution in [1.82, 2.24) is 10.4 Å². The Hall–Kier alpha value is -1.27. The van der Waals surface area contributed by atoms with Gasteiger partial charge in [0.15, 0.2) is 0 Å². The number of halogens is 2. The molecule has 0 amide bonds. The second kappa shape index (κ2) is 5.79. The maximum Gasteiger partial charge on any atom is 0.248 e. The summed E-state index contributed by atoms with van der Waals surface area (Å²) in [4.78, 5) is 4.00. The van der Waals surface area contributed by atoms with Crippen LogP contribution in [0.4, 0.5) is 14.6 Å². The third-order valence-corrected chi connectivity index (χ3v) is 3.83. The van der Waals surface area contributed by atoms with Crippen molar-refractivity contribution in [2.45, 2.75) is 44.1 Å². The molecule has 19 heavy (non-hydrogen) atoms. The Morgan fingerprint density at radius 3 is 2.95 bits per heavy atom. The molecule has 1 aromatic rings. The second-order valence-electron chi connectivity index (χ2n) is 5.24. The lowest BCUT2D eigenvalue weighted by molar-refractivity contribution is -0.0581. The molecular formula is C13H20F2N4. The van der Waals surface area contributed by atoms with E-state index in [-0.39, 0.29) is 24.8 Å². The van der Waals surface area contributed by atoms with Crippen LogP contribution in [0.1, 0.15) is 31.2 Å². The molecule has 1 aliphatic rings. The second-order valence-corrected chi connectivity index (χ2v) is 5.24. The zero-order chi connectivity index (χ0) is 13.9. The molecule has 0 aliphatic heterocycles. The lowest BCUT2D eigenvalue weighted by Crippen LogP contribution is -2.45. The van der Waals surface area contributed by atoms with Crippen molar-refractivity contribution in [3.63, 3.8) is 0 Å². The molecule has 6 heteroatoms. The van der Waals surface area contributed by atoms with Crippen molar-refractivity contribution >= 4 is 5.82 Å². The van der Waals surface area contributed by atoms with Gasteiger partial charge >= 0.3 is 0 Å². The van der Waals surface area contributed by atoms with Gasteiger partial charge in [0.25, 0.3) is 0 Å². The number of anilines is 1. The summed E-state index contributed by atoms with van der Waals surface area (Å²) in [7, 11) is 0. The number of nitrogen functional groups attached to an aromatic ring is 1. The Morgan fingerprint density at radius 1 is 1.53 bits per heavy atom. The highest BCUT2D eigenvalue weighted by Gasteiger charge is 2.39. The van der Waals surface area contributed by atoms with Gasteiger partial charge in [0.1, 0.15) is 5.82 Å². The third-order valence-electron chi connectivity index (χ3n) is 3.83. The van der Waals surface area contributed by atoms with Crippen molar-refractivity contribution in [3.8, 4) is 0 Å². The molecule has 0 radical (unpaired) electrons. The van der Waals surface area contributed by atoms with Gasteiger partial charge in [0, 0.05) is 25.1 Å². The molecule has 1 heterocycles. The van der Waals surface area contributed by atoms with Gasteiger partial charge in [-0.3, -0.25) is 11.3 Å². The molecule has 1 aliphatic carbocycles. The summed E-state index contributed by atoms with van der Waals surface area (Å²) in [5, 5.41) is 0. The Kier molecular flexibility index (Phi) is 4.31. The zero-order valence-electron chi connectivity index (χ0n) is 10.8. The van der Waals surface area contributed by atoms with Crippen LogP contribution < -0.4 is 17.0 Å². The summed E-state index contributed by atoms with van der Waals surface area (Å²) in [6.45, 7) is 0. The van der Waals surface area contributed by atoms with E-state index in [1.54, 1.807) is 12.3 Å². The first kappa shape index (κ1) is 14.1. The normalized spacial score (nSPS) is 24.1. The van der Waals surface area contributed by atoms with Crippen LogP contribution in [-0.4, -0.2) is 16.9 Å². The number of pyridine rings is 1. The van der Waals surface area contributed by atoms with Gasteiger partial charge in [-0.25, -0.2) is 13.8 Å². The summed E-state index contributed by atoms with van der Waals surface area (Å²) in [5.74, 6) is 3.27. The van der Waals surface area contributed by atoms with E-state index in [2.05, 4.69) is 10.4 Å². The van der Waals surface area contributed by atoms with E-state index in [1.165, 1.54) is 0 Å². The van der Waals surface area contributed by atoms with Crippen molar-refractivity contribution in [2.24, 2.45) is 11.8 Å². The minimum atomic E-state index is -2.57. The van der Waals surface area contributed by atoms with E-state index in [0.29, 0.717) is 18.7 Å². The van der Waals surface area contributed by atoms with E-state index < -0.39 is 5.92 Å². The molecular weight excluding hydrogens is 250 g/mol. The van der Waals surface area contributed by atoms with E-state index in [1.807, 2.05) is 6.07 Å². The third kappa shape index (κ3) is 3.61. The smallest absolute Gasteiger partial charge is 0.248 e. The van der Waals surface area contributed by atoms with E-state index in [4.69, 9.17) is 11.6 Å². The number of alkyl halides is 2. The molecule has 2 atom stereocenters. The molecule has 2 unspecified atom stereocenters. The van der Waals surface area contributed by atoms with Crippen molar-refractivity contribution in [2.75, 3.05) is 5.73 Å². The number of aromatic nitrogens is 1. The Morgan fingerprint density at radius 2 is 2.32 bits per heavy atom. The average Bonchev–Trinajstić information content (AvgIpc) is 2.36. The summed E-state index contributed by atoms with van der Waals surface area (Å²) in [5.41, 5.74) is 9.29. The predicted molar refractivity (Wildman–Crippen MR) is 70.4 cm³/mol. The molecule has 4 nitrogen and oxygen atoms in total. The Bertz CT molecular complexity index is 425. The SMILES string of the molecule is NNC(Cc1cccnc1N)C1CCCC(F)(F)C1. The van der Waals surface area contributed by atoms with Crippen LogP contribution >= 0.6 is 0 Å². The summed E-state index contributed by atoms with van der Waals surface area (Å²) >= 11 is 0. The number of hydrogen-bond donors (Lipinski definition) is 3. The molecule has 0 saturated heterocycles. The van der Waals surface area contributed by atoms with Crippen LogP contribution in [0.5, 0.6) is 0 Å². The van der Waals surface area contributed by atoms with Crippen LogP contribution in [-0.2, 0) is 6.42 Å². The molecule has 1 saturated carbocycles. The molecule has 2 rings (SSSR count). The van der Waals surface area contributed by atoms with Crippen molar-refractivity contribution in [3.05, 3.63) is 23.9 Å². The first-order chi connectivity index (χ1) is 9.02. The highest BCUT2D eigenvalue weighted by atomic mass is 19.3. The highest BCUT2D eigenvalue weighted by molar-refractivity contribution is 5.38. The van der Waals surface area contributed by atoms with Gasteiger partial charge in [-0.1, -0.05) is 6.07 Å². The number of hydrogen-bond acceptors (Lipinski definition) is 4. The number of nitrogens with one attached hydrogen (secondary N) is 1. The van der Waals surface area contributed by atoms with Crippen LogP contribution in [0, 0.1) is 5.92 Å². The van der Waals surface area contributed by atoms with Gasteiger partial charge in [-0.05, 0) is 36.8 Å².